The summed E-state index contributed by atoms with van der Waals surface area (Å²) in [6.07, 6.45) is 7.57. The summed E-state index contributed by atoms with van der Waals surface area (Å²) >= 11 is 0. The second-order valence-corrected chi connectivity index (χ2v) is 7.05. The molecule has 1 N–H and O–H groups in total. The van der Waals surface area contributed by atoms with Crippen LogP contribution in [-0.2, 0) is 12.8 Å². The quantitative estimate of drug-likeness (QED) is 0.670. The van der Waals surface area contributed by atoms with Crippen LogP contribution < -0.4 is 0 Å². The van der Waals surface area contributed by atoms with Crippen molar-refractivity contribution < 1.29 is 5.11 Å². The van der Waals surface area contributed by atoms with E-state index in [4.69, 9.17) is 0 Å². The third-order valence-electron chi connectivity index (χ3n) is 5.28. The number of aryl methyl sites for hydroxylation is 3. The highest BCUT2D eigenvalue weighted by atomic mass is 16.3. The number of hydrogen-bond donors (Lipinski definition) is 1. The van der Waals surface area contributed by atoms with Crippen molar-refractivity contribution in [3.8, 4) is 5.75 Å². The van der Waals surface area contributed by atoms with E-state index in [0.717, 1.165) is 37.7 Å². The molecule has 1 unspecified atom stereocenters. The van der Waals surface area contributed by atoms with Crippen LogP contribution in [0.1, 0.15) is 66.8 Å². The Balaban J connectivity index is 1.91. The summed E-state index contributed by atoms with van der Waals surface area (Å²) < 4.78 is 0. The highest BCUT2D eigenvalue weighted by molar-refractivity contribution is 5.70. The Hall–Kier alpha value is -2.02. The predicted molar refractivity (Wildman–Crippen MR) is 103 cm³/mol. The predicted octanol–water partition coefficient (Wildman–Crippen LogP) is 6.18. The largest absolute Gasteiger partial charge is 0.508 e. The zero-order valence-electron chi connectivity index (χ0n) is 15.1. The molecule has 2 aromatic rings. The second kappa shape index (κ2) is 7.25. The summed E-state index contributed by atoms with van der Waals surface area (Å²) in [5.74, 6) is 0.944. The lowest BCUT2D eigenvalue weighted by Crippen LogP contribution is -2.00. The van der Waals surface area contributed by atoms with Crippen molar-refractivity contribution in [1.82, 2.24) is 0 Å². The minimum absolute atomic E-state index is 0.467. The molecule has 2 aromatic carbocycles. The summed E-state index contributed by atoms with van der Waals surface area (Å²) in [7, 11) is 0. The molecule has 126 valence electrons. The minimum atomic E-state index is 0.467. The molecule has 0 saturated heterocycles. The fourth-order valence-electron chi connectivity index (χ4n) is 3.92. The van der Waals surface area contributed by atoms with E-state index < -0.39 is 0 Å². The molecule has 1 nitrogen and oxygen atoms in total. The SMILES string of the molecule is CC=C1CC(c2ccc(CCC)c(O)c2)CCc2cc(C)ccc21. The molecular weight excluding hydrogens is 292 g/mol. The molecular formula is C23H28O. The average molecular weight is 320 g/mol. The number of hydrogen-bond acceptors (Lipinski definition) is 1. The molecule has 0 amide bonds. The summed E-state index contributed by atoms with van der Waals surface area (Å²) in [4.78, 5) is 0. The Labute approximate surface area is 146 Å². The van der Waals surface area contributed by atoms with Gasteiger partial charge in [-0.05, 0) is 79.3 Å². The second-order valence-electron chi connectivity index (χ2n) is 7.05. The highest BCUT2D eigenvalue weighted by Gasteiger charge is 2.21. The van der Waals surface area contributed by atoms with Crippen molar-refractivity contribution in [2.45, 2.75) is 58.8 Å². The van der Waals surface area contributed by atoms with E-state index >= 15 is 0 Å². The van der Waals surface area contributed by atoms with Crippen molar-refractivity contribution in [2.24, 2.45) is 0 Å². The fraction of sp³-hybridized carbons (Fsp3) is 0.391. The summed E-state index contributed by atoms with van der Waals surface area (Å²) in [6, 6.07) is 13.2. The smallest absolute Gasteiger partial charge is 0.119 e. The van der Waals surface area contributed by atoms with E-state index in [1.807, 2.05) is 6.07 Å². The third kappa shape index (κ3) is 3.40. The number of fused-ring (bicyclic) bond motifs is 1. The number of benzene rings is 2. The van der Waals surface area contributed by atoms with Crippen LogP contribution in [0.3, 0.4) is 0 Å². The lowest BCUT2D eigenvalue weighted by atomic mass is 9.88. The number of rotatable bonds is 3. The topological polar surface area (TPSA) is 20.2 Å². The average Bonchev–Trinajstić information content (AvgIpc) is 2.76. The molecule has 0 fully saturated rings. The molecule has 3 rings (SSSR count). The Morgan fingerprint density at radius 2 is 2.00 bits per heavy atom. The molecule has 0 spiro atoms. The van der Waals surface area contributed by atoms with Gasteiger partial charge < -0.3 is 5.11 Å². The van der Waals surface area contributed by atoms with E-state index in [0.29, 0.717) is 11.7 Å². The van der Waals surface area contributed by atoms with Crippen molar-refractivity contribution in [2.75, 3.05) is 0 Å². The lowest BCUT2D eigenvalue weighted by molar-refractivity contribution is 0.465. The molecule has 1 atom stereocenters. The van der Waals surface area contributed by atoms with E-state index in [9.17, 15) is 5.11 Å². The summed E-state index contributed by atoms with van der Waals surface area (Å²) in [6.45, 7) is 6.46. The number of aromatic hydroxyl groups is 1. The molecule has 0 aliphatic heterocycles. The minimum Gasteiger partial charge on any atom is -0.508 e. The van der Waals surface area contributed by atoms with Gasteiger partial charge in [-0.3, -0.25) is 0 Å². The first-order valence-electron chi connectivity index (χ1n) is 9.19. The maximum atomic E-state index is 10.3. The van der Waals surface area contributed by atoms with Crippen LogP contribution in [0.4, 0.5) is 0 Å². The number of phenols is 1. The zero-order chi connectivity index (χ0) is 17.1. The van der Waals surface area contributed by atoms with Crippen molar-refractivity contribution in [3.63, 3.8) is 0 Å². The van der Waals surface area contributed by atoms with Crippen LogP contribution in [0.2, 0.25) is 0 Å². The Morgan fingerprint density at radius 1 is 1.17 bits per heavy atom. The van der Waals surface area contributed by atoms with Crippen LogP contribution in [0, 0.1) is 6.92 Å². The molecule has 1 heteroatoms. The Kier molecular flexibility index (Phi) is 5.08. The van der Waals surface area contributed by atoms with Gasteiger partial charge in [-0.25, -0.2) is 0 Å². The molecule has 24 heavy (non-hydrogen) atoms. The molecule has 1 aliphatic rings. The van der Waals surface area contributed by atoms with Gasteiger partial charge in [0.1, 0.15) is 5.75 Å². The first-order valence-corrected chi connectivity index (χ1v) is 9.19. The first kappa shape index (κ1) is 16.8. The summed E-state index contributed by atoms with van der Waals surface area (Å²) in [5.41, 5.74) is 8.00. The van der Waals surface area contributed by atoms with E-state index in [-0.39, 0.29) is 0 Å². The number of phenolic OH excluding ortho intramolecular Hbond substituents is 1. The molecule has 0 bridgehead atoms. The standard InChI is InChI=1S/C23H28O/c1-4-6-18-8-9-20(15-23(18)24)19-10-11-21-13-16(3)7-12-22(21)17(5-2)14-19/h5,7-9,12-13,15,19,24H,4,6,10-11,14H2,1-3H3. The third-order valence-corrected chi connectivity index (χ3v) is 5.28. The van der Waals surface area contributed by atoms with Crippen molar-refractivity contribution in [1.29, 1.82) is 0 Å². The molecule has 0 heterocycles. The van der Waals surface area contributed by atoms with Crippen molar-refractivity contribution >= 4 is 5.57 Å². The maximum Gasteiger partial charge on any atom is 0.119 e. The summed E-state index contributed by atoms with van der Waals surface area (Å²) in [5, 5.41) is 10.3. The van der Waals surface area contributed by atoms with Crippen LogP contribution in [0.25, 0.3) is 5.57 Å². The van der Waals surface area contributed by atoms with Gasteiger partial charge in [-0.2, -0.15) is 0 Å². The Bertz CT molecular complexity index is 755. The van der Waals surface area contributed by atoms with Crippen LogP contribution >= 0.6 is 0 Å². The van der Waals surface area contributed by atoms with Gasteiger partial charge >= 0.3 is 0 Å². The van der Waals surface area contributed by atoms with E-state index in [1.54, 1.807) is 0 Å². The van der Waals surface area contributed by atoms with Gasteiger partial charge in [0.05, 0.1) is 0 Å². The van der Waals surface area contributed by atoms with Crippen LogP contribution in [0.5, 0.6) is 5.75 Å². The molecule has 0 saturated carbocycles. The normalized spacial score (nSPS) is 19.1. The van der Waals surface area contributed by atoms with Gasteiger partial charge in [0.15, 0.2) is 0 Å². The van der Waals surface area contributed by atoms with Gasteiger partial charge in [-0.15, -0.1) is 0 Å². The highest BCUT2D eigenvalue weighted by Crippen LogP contribution is 2.39. The lowest BCUT2D eigenvalue weighted by Gasteiger charge is -2.17. The van der Waals surface area contributed by atoms with E-state index in [1.165, 1.54) is 27.8 Å². The maximum absolute atomic E-state index is 10.3. The Morgan fingerprint density at radius 3 is 2.71 bits per heavy atom. The van der Waals surface area contributed by atoms with Crippen LogP contribution in [-0.4, -0.2) is 5.11 Å². The number of allylic oxidation sites excluding steroid dienone is 2. The van der Waals surface area contributed by atoms with Gasteiger partial charge in [0.25, 0.3) is 0 Å². The fourth-order valence-corrected chi connectivity index (χ4v) is 3.92. The van der Waals surface area contributed by atoms with Crippen molar-refractivity contribution in [3.05, 3.63) is 70.3 Å². The van der Waals surface area contributed by atoms with E-state index in [2.05, 4.69) is 57.2 Å². The van der Waals surface area contributed by atoms with Gasteiger partial charge in [0, 0.05) is 0 Å². The first-order chi connectivity index (χ1) is 11.6. The molecule has 0 aromatic heterocycles. The zero-order valence-corrected chi connectivity index (χ0v) is 15.1. The molecule has 1 aliphatic carbocycles. The monoisotopic (exact) mass is 320 g/mol. The van der Waals surface area contributed by atoms with Gasteiger partial charge in [-0.1, -0.05) is 55.3 Å². The van der Waals surface area contributed by atoms with Gasteiger partial charge in [0.2, 0.25) is 0 Å². The molecule has 0 radical (unpaired) electrons. The van der Waals surface area contributed by atoms with Crippen LogP contribution in [0.15, 0.2) is 42.5 Å².